The van der Waals surface area contributed by atoms with Crippen molar-refractivity contribution in [2.24, 2.45) is 0 Å². The van der Waals surface area contributed by atoms with Crippen molar-refractivity contribution < 1.29 is 14.2 Å². The van der Waals surface area contributed by atoms with Crippen LogP contribution in [0.15, 0.2) is 48.7 Å². The molecule has 1 aromatic heterocycles. The number of ether oxygens (including phenoxy) is 1. The first-order valence-corrected chi connectivity index (χ1v) is 11.1. The Hall–Kier alpha value is -2.79. The van der Waals surface area contributed by atoms with Crippen LogP contribution in [0.4, 0.5) is 4.39 Å². The van der Waals surface area contributed by atoms with E-state index in [1.54, 1.807) is 18.2 Å². The summed E-state index contributed by atoms with van der Waals surface area (Å²) in [6.07, 6.45) is 12.4. The number of nitrogens with zero attached hydrogens (tertiary/aromatic N) is 2. The Morgan fingerprint density at radius 1 is 1.10 bits per heavy atom. The van der Waals surface area contributed by atoms with Gasteiger partial charge in [0.25, 0.3) is 0 Å². The van der Waals surface area contributed by atoms with Crippen LogP contribution in [0, 0.1) is 5.82 Å². The molecule has 164 valence electrons. The number of unbranched alkanes of at least 4 members (excludes halogenated alkanes) is 3. The van der Waals surface area contributed by atoms with Gasteiger partial charge >= 0.3 is 0 Å². The Bertz CT molecular complexity index is 1020. The van der Waals surface area contributed by atoms with Gasteiger partial charge in [0.2, 0.25) is 0 Å². The fourth-order valence-corrected chi connectivity index (χ4v) is 3.43. The lowest BCUT2D eigenvalue weighted by atomic mass is 10.1. The zero-order chi connectivity index (χ0) is 22.1. The third-order valence-electron chi connectivity index (χ3n) is 5.24. The molecular weight excluding hydrogens is 391 g/mol. The molecule has 2 aromatic carbocycles. The van der Waals surface area contributed by atoms with Gasteiger partial charge in [0.15, 0.2) is 0 Å². The molecule has 0 fully saturated rings. The van der Waals surface area contributed by atoms with Gasteiger partial charge in [-0.15, -0.1) is 0 Å². The monoisotopic (exact) mass is 422 g/mol. The van der Waals surface area contributed by atoms with Gasteiger partial charge in [-0.05, 0) is 62.4 Å². The standard InChI is InChI=1S/C26H31FN2O2/c1-3-4-8-15-31-19(2)9-6-5-7-10-20-11-13-22(23(27)16-20)26-18-28-25-17-21(30)12-14-24(25)29-26/h7,10-14,16-19,30H,3-6,8-9,15H2,1-2H3/b10-7+. The lowest BCUT2D eigenvalue weighted by molar-refractivity contribution is 0.0566. The SMILES string of the molecule is CCCCCOC(C)CCC/C=C/c1ccc(-c2cnc3cc(O)ccc3n2)c(F)c1. The molecule has 5 heteroatoms. The van der Waals surface area contributed by atoms with Crippen molar-refractivity contribution in [2.45, 2.75) is 58.5 Å². The first-order chi connectivity index (χ1) is 15.1. The lowest BCUT2D eigenvalue weighted by Gasteiger charge is -2.12. The summed E-state index contributed by atoms with van der Waals surface area (Å²) in [7, 11) is 0. The van der Waals surface area contributed by atoms with E-state index in [0.29, 0.717) is 22.3 Å². The van der Waals surface area contributed by atoms with Crippen LogP contribution in [0.2, 0.25) is 0 Å². The molecule has 0 spiro atoms. The van der Waals surface area contributed by atoms with Gasteiger partial charge in [-0.1, -0.05) is 38.0 Å². The predicted octanol–water partition coefficient (Wildman–Crippen LogP) is 6.92. The Morgan fingerprint density at radius 2 is 1.97 bits per heavy atom. The molecule has 0 saturated carbocycles. The van der Waals surface area contributed by atoms with E-state index in [2.05, 4.69) is 29.9 Å². The highest BCUT2D eigenvalue weighted by Gasteiger charge is 2.09. The normalized spacial score (nSPS) is 12.6. The second kappa shape index (κ2) is 11.6. The maximum atomic E-state index is 14.7. The van der Waals surface area contributed by atoms with Gasteiger partial charge in [0.05, 0.1) is 29.0 Å². The van der Waals surface area contributed by atoms with Crippen molar-refractivity contribution in [3.05, 3.63) is 60.1 Å². The molecule has 0 aliphatic rings. The number of phenols is 1. The maximum Gasteiger partial charge on any atom is 0.133 e. The maximum absolute atomic E-state index is 14.7. The zero-order valence-electron chi connectivity index (χ0n) is 18.4. The van der Waals surface area contributed by atoms with E-state index in [0.717, 1.165) is 37.9 Å². The minimum atomic E-state index is -0.330. The molecule has 3 rings (SSSR count). The van der Waals surface area contributed by atoms with E-state index < -0.39 is 0 Å². The molecule has 0 aliphatic carbocycles. The Kier molecular flexibility index (Phi) is 8.53. The number of fused-ring (bicyclic) bond motifs is 1. The van der Waals surface area contributed by atoms with Crippen LogP contribution in [-0.4, -0.2) is 27.8 Å². The van der Waals surface area contributed by atoms with Gasteiger partial charge < -0.3 is 9.84 Å². The fourth-order valence-electron chi connectivity index (χ4n) is 3.43. The van der Waals surface area contributed by atoms with Crippen LogP contribution in [-0.2, 0) is 4.74 Å². The summed E-state index contributed by atoms with van der Waals surface area (Å²) in [6.45, 7) is 5.17. The summed E-state index contributed by atoms with van der Waals surface area (Å²) in [5, 5.41) is 9.53. The number of benzene rings is 2. The summed E-state index contributed by atoms with van der Waals surface area (Å²) < 4.78 is 20.5. The predicted molar refractivity (Wildman–Crippen MR) is 124 cm³/mol. The van der Waals surface area contributed by atoms with Crippen molar-refractivity contribution in [2.75, 3.05) is 6.61 Å². The highest BCUT2D eigenvalue weighted by atomic mass is 19.1. The highest BCUT2D eigenvalue weighted by molar-refractivity contribution is 5.78. The van der Waals surface area contributed by atoms with Crippen LogP contribution in [0.25, 0.3) is 28.4 Å². The third kappa shape index (κ3) is 6.86. The highest BCUT2D eigenvalue weighted by Crippen LogP contribution is 2.25. The Labute approximate surface area is 183 Å². The Morgan fingerprint density at radius 3 is 2.77 bits per heavy atom. The van der Waals surface area contributed by atoms with E-state index in [-0.39, 0.29) is 17.7 Å². The topological polar surface area (TPSA) is 55.2 Å². The van der Waals surface area contributed by atoms with Gasteiger partial charge in [0, 0.05) is 18.2 Å². The largest absolute Gasteiger partial charge is 0.508 e. The van der Waals surface area contributed by atoms with Crippen LogP contribution in [0.1, 0.15) is 57.9 Å². The second-order valence-electron chi connectivity index (χ2n) is 7.89. The average Bonchev–Trinajstić information content (AvgIpc) is 2.76. The number of phenolic OH excluding ortho intramolecular Hbond substituents is 1. The van der Waals surface area contributed by atoms with Crippen LogP contribution >= 0.6 is 0 Å². The molecule has 1 N–H and O–H groups in total. The van der Waals surface area contributed by atoms with Crippen LogP contribution in [0.5, 0.6) is 5.75 Å². The molecule has 0 amide bonds. The number of allylic oxidation sites excluding steroid dienone is 1. The van der Waals surface area contributed by atoms with Crippen molar-refractivity contribution in [3.63, 3.8) is 0 Å². The summed E-state index contributed by atoms with van der Waals surface area (Å²) in [5.74, 6) is -0.200. The minimum Gasteiger partial charge on any atom is -0.508 e. The number of aromatic nitrogens is 2. The van der Waals surface area contributed by atoms with E-state index in [1.807, 2.05) is 12.1 Å². The Balaban J connectivity index is 1.53. The molecular formula is C26H31FN2O2. The van der Waals surface area contributed by atoms with Gasteiger partial charge in [-0.25, -0.2) is 9.37 Å². The fraction of sp³-hybridized carbons (Fsp3) is 0.385. The van der Waals surface area contributed by atoms with Crippen molar-refractivity contribution in [1.29, 1.82) is 0 Å². The molecule has 1 atom stereocenters. The van der Waals surface area contributed by atoms with Crippen molar-refractivity contribution in [1.82, 2.24) is 9.97 Å². The molecule has 4 nitrogen and oxygen atoms in total. The molecule has 0 aliphatic heterocycles. The molecule has 1 unspecified atom stereocenters. The summed E-state index contributed by atoms with van der Waals surface area (Å²) in [6, 6.07) is 9.90. The number of aromatic hydroxyl groups is 1. The lowest BCUT2D eigenvalue weighted by Crippen LogP contribution is -2.08. The second-order valence-corrected chi connectivity index (χ2v) is 7.89. The van der Waals surface area contributed by atoms with Crippen molar-refractivity contribution >= 4 is 17.1 Å². The molecule has 31 heavy (non-hydrogen) atoms. The number of hydrogen-bond donors (Lipinski definition) is 1. The summed E-state index contributed by atoms with van der Waals surface area (Å²) in [4.78, 5) is 8.75. The smallest absolute Gasteiger partial charge is 0.133 e. The zero-order valence-corrected chi connectivity index (χ0v) is 18.4. The van der Waals surface area contributed by atoms with Crippen LogP contribution < -0.4 is 0 Å². The molecule has 0 radical (unpaired) electrons. The van der Waals surface area contributed by atoms with Gasteiger partial charge in [0.1, 0.15) is 11.6 Å². The molecule has 0 bridgehead atoms. The quantitative estimate of drug-likeness (QED) is 0.341. The van der Waals surface area contributed by atoms with Crippen LogP contribution in [0.3, 0.4) is 0 Å². The summed E-state index contributed by atoms with van der Waals surface area (Å²) >= 11 is 0. The molecule has 0 saturated heterocycles. The first-order valence-electron chi connectivity index (χ1n) is 11.1. The average molecular weight is 423 g/mol. The van der Waals surface area contributed by atoms with E-state index in [1.165, 1.54) is 31.2 Å². The summed E-state index contributed by atoms with van der Waals surface area (Å²) in [5.41, 5.74) is 2.89. The number of hydrogen-bond acceptors (Lipinski definition) is 4. The van der Waals surface area contributed by atoms with Gasteiger partial charge in [-0.3, -0.25) is 4.98 Å². The van der Waals surface area contributed by atoms with Crippen molar-refractivity contribution in [3.8, 4) is 17.0 Å². The molecule has 3 aromatic rings. The number of halogens is 1. The van der Waals surface area contributed by atoms with E-state index >= 15 is 0 Å². The molecule has 1 heterocycles. The minimum absolute atomic E-state index is 0.130. The van der Waals surface area contributed by atoms with E-state index in [4.69, 9.17) is 4.74 Å². The first kappa shape index (κ1) is 22.9. The van der Waals surface area contributed by atoms with Gasteiger partial charge in [-0.2, -0.15) is 0 Å². The third-order valence-corrected chi connectivity index (χ3v) is 5.24. The van der Waals surface area contributed by atoms with E-state index in [9.17, 15) is 9.50 Å². The number of rotatable bonds is 11.